The fourth-order valence-electron chi connectivity index (χ4n) is 4.38. The predicted molar refractivity (Wildman–Crippen MR) is 118 cm³/mol. The largest absolute Gasteiger partial charge is 0.495 e. The average molecular weight is 388 g/mol. The van der Waals surface area contributed by atoms with Crippen molar-refractivity contribution in [1.29, 1.82) is 0 Å². The molecule has 0 saturated carbocycles. The van der Waals surface area contributed by atoms with Crippen LogP contribution in [0.5, 0.6) is 5.75 Å². The summed E-state index contributed by atoms with van der Waals surface area (Å²) in [6.45, 7) is 10.0. The van der Waals surface area contributed by atoms with Crippen LogP contribution in [0.1, 0.15) is 33.1 Å². The maximum absolute atomic E-state index is 5.52. The molecule has 2 fully saturated rings. The summed E-state index contributed by atoms with van der Waals surface area (Å²) in [6, 6.07) is 9.16. The molecule has 6 nitrogen and oxygen atoms in total. The molecule has 3 rings (SSSR count). The summed E-state index contributed by atoms with van der Waals surface area (Å²) in [7, 11) is 3.59. The SMILES string of the molecule is CN=C(NCC(C)N1CCCC(C)C1)NC1CCN(c2ccccc2OC)C1. The number of hydrogen-bond donors (Lipinski definition) is 2. The van der Waals surface area contributed by atoms with Crippen LogP contribution >= 0.6 is 0 Å². The summed E-state index contributed by atoms with van der Waals surface area (Å²) in [6.07, 6.45) is 3.78. The fraction of sp³-hybridized carbons (Fsp3) is 0.682. The van der Waals surface area contributed by atoms with Gasteiger partial charge in [0.2, 0.25) is 0 Å². The Bertz CT molecular complexity index is 650. The first kappa shape index (κ1) is 20.8. The van der Waals surface area contributed by atoms with E-state index < -0.39 is 0 Å². The van der Waals surface area contributed by atoms with Gasteiger partial charge in [0.05, 0.1) is 12.8 Å². The smallest absolute Gasteiger partial charge is 0.191 e. The van der Waals surface area contributed by atoms with Crippen LogP contribution in [0, 0.1) is 5.92 Å². The highest BCUT2D eigenvalue weighted by Gasteiger charge is 2.26. The van der Waals surface area contributed by atoms with Gasteiger partial charge < -0.3 is 20.3 Å². The second-order valence-electron chi connectivity index (χ2n) is 8.29. The Morgan fingerprint density at radius 1 is 1.25 bits per heavy atom. The van der Waals surface area contributed by atoms with Gasteiger partial charge >= 0.3 is 0 Å². The molecule has 0 aromatic heterocycles. The molecule has 28 heavy (non-hydrogen) atoms. The third kappa shape index (κ3) is 5.31. The summed E-state index contributed by atoms with van der Waals surface area (Å²) in [4.78, 5) is 9.44. The summed E-state index contributed by atoms with van der Waals surface area (Å²) in [5.74, 6) is 2.66. The van der Waals surface area contributed by atoms with Crippen molar-refractivity contribution < 1.29 is 4.74 Å². The lowest BCUT2D eigenvalue weighted by Gasteiger charge is -2.35. The van der Waals surface area contributed by atoms with E-state index in [2.05, 4.69) is 51.4 Å². The Balaban J connectivity index is 1.47. The highest BCUT2D eigenvalue weighted by atomic mass is 16.5. The molecular formula is C22H37N5O. The van der Waals surface area contributed by atoms with Crippen molar-refractivity contribution in [2.75, 3.05) is 51.8 Å². The first-order valence-electron chi connectivity index (χ1n) is 10.7. The second-order valence-corrected chi connectivity index (χ2v) is 8.29. The number of hydrogen-bond acceptors (Lipinski definition) is 4. The van der Waals surface area contributed by atoms with Gasteiger partial charge in [0.25, 0.3) is 0 Å². The topological polar surface area (TPSA) is 52.1 Å². The quantitative estimate of drug-likeness (QED) is 0.580. The number of guanidine groups is 1. The molecule has 2 saturated heterocycles. The lowest BCUT2D eigenvalue weighted by molar-refractivity contribution is 0.139. The molecule has 0 aliphatic carbocycles. The van der Waals surface area contributed by atoms with Crippen molar-refractivity contribution in [3.8, 4) is 5.75 Å². The van der Waals surface area contributed by atoms with Crippen molar-refractivity contribution in [3.05, 3.63) is 24.3 Å². The summed E-state index contributed by atoms with van der Waals surface area (Å²) in [5.41, 5.74) is 1.17. The van der Waals surface area contributed by atoms with Gasteiger partial charge in [-0.1, -0.05) is 19.1 Å². The van der Waals surface area contributed by atoms with Crippen LogP contribution in [-0.2, 0) is 0 Å². The van der Waals surface area contributed by atoms with E-state index in [0.717, 1.165) is 43.7 Å². The van der Waals surface area contributed by atoms with Gasteiger partial charge in [-0.05, 0) is 50.8 Å². The zero-order chi connectivity index (χ0) is 19.9. The van der Waals surface area contributed by atoms with Crippen LogP contribution in [0.4, 0.5) is 5.69 Å². The van der Waals surface area contributed by atoms with Crippen molar-refractivity contribution in [1.82, 2.24) is 15.5 Å². The molecule has 2 aliphatic rings. The molecule has 2 aliphatic heterocycles. The number of methoxy groups -OCH3 is 1. The third-order valence-electron chi connectivity index (χ3n) is 6.06. The van der Waals surface area contributed by atoms with Gasteiger partial charge in [-0.25, -0.2) is 0 Å². The van der Waals surface area contributed by atoms with Gasteiger partial charge in [0, 0.05) is 45.3 Å². The molecule has 0 spiro atoms. The number of benzene rings is 1. The van der Waals surface area contributed by atoms with Crippen molar-refractivity contribution >= 4 is 11.6 Å². The Hall–Kier alpha value is -1.95. The Morgan fingerprint density at radius 3 is 2.82 bits per heavy atom. The number of para-hydroxylation sites is 2. The van der Waals surface area contributed by atoms with E-state index in [9.17, 15) is 0 Å². The van der Waals surface area contributed by atoms with E-state index in [-0.39, 0.29) is 0 Å². The first-order chi connectivity index (χ1) is 13.6. The van der Waals surface area contributed by atoms with Crippen LogP contribution < -0.4 is 20.3 Å². The molecule has 2 N–H and O–H groups in total. The summed E-state index contributed by atoms with van der Waals surface area (Å²) in [5, 5.41) is 7.15. The summed E-state index contributed by atoms with van der Waals surface area (Å²) < 4.78 is 5.52. The van der Waals surface area contributed by atoms with Crippen LogP contribution in [0.25, 0.3) is 0 Å². The minimum atomic E-state index is 0.390. The molecule has 2 heterocycles. The maximum atomic E-state index is 5.52. The van der Waals surface area contributed by atoms with Gasteiger partial charge in [-0.3, -0.25) is 9.89 Å². The molecule has 3 atom stereocenters. The summed E-state index contributed by atoms with van der Waals surface area (Å²) >= 11 is 0. The molecule has 0 amide bonds. The first-order valence-corrected chi connectivity index (χ1v) is 10.7. The van der Waals surface area contributed by atoms with Gasteiger partial charge in [-0.15, -0.1) is 0 Å². The van der Waals surface area contributed by atoms with Crippen molar-refractivity contribution in [3.63, 3.8) is 0 Å². The Kier molecular flexibility index (Phi) is 7.43. The van der Waals surface area contributed by atoms with Crippen LogP contribution in [0.15, 0.2) is 29.3 Å². The lowest BCUT2D eigenvalue weighted by Crippen LogP contribution is -2.50. The molecule has 3 unspecified atom stereocenters. The zero-order valence-corrected chi connectivity index (χ0v) is 17.9. The molecule has 1 aromatic rings. The maximum Gasteiger partial charge on any atom is 0.191 e. The number of nitrogens with one attached hydrogen (secondary N) is 2. The number of piperidine rings is 1. The lowest BCUT2D eigenvalue weighted by atomic mass is 9.99. The minimum Gasteiger partial charge on any atom is -0.495 e. The van der Waals surface area contributed by atoms with E-state index in [1.807, 2.05) is 19.2 Å². The number of nitrogens with zero attached hydrogens (tertiary/aromatic N) is 3. The fourth-order valence-corrected chi connectivity index (χ4v) is 4.38. The van der Waals surface area contributed by atoms with E-state index in [1.165, 1.54) is 31.6 Å². The van der Waals surface area contributed by atoms with Crippen molar-refractivity contribution in [2.45, 2.75) is 45.2 Å². The van der Waals surface area contributed by atoms with E-state index in [4.69, 9.17) is 4.74 Å². The number of ether oxygens (including phenoxy) is 1. The number of anilines is 1. The zero-order valence-electron chi connectivity index (χ0n) is 17.9. The van der Waals surface area contributed by atoms with Crippen LogP contribution in [0.3, 0.4) is 0 Å². The number of aliphatic imine (C=N–C) groups is 1. The van der Waals surface area contributed by atoms with Gasteiger partial charge in [0.1, 0.15) is 5.75 Å². The monoisotopic (exact) mass is 387 g/mol. The van der Waals surface area contributed by atoms with Crippen LogP contribution in [0.2, 0.25) is 0 Å². The van der Waals surface area contributed by atoms with E-state index in [1.54, 1.807) is 7.11 Å². The highest BCUT2D eigenvalue weighted by molar-refractivity contribution is 5.80. The van der Waals surface area contributed by atoms with Gasteiger partial charge in [0.15, 0.2) is 5.96 Å². The second kappa shape index (κ2) is 10.0. The van der Waals surface area contributed by atoms with Gasteiger partial charge in [-0.2, -0.15) is 0 Å². The van der Waals surface area contributed by atoms with Crippen molar-refractivity contribution in [2.24, 2.45) is 10.9 Å². The average Bonchev–Trinajstić information content (AvgIpc) is 3.19. The third-order valence-corrected chi connectivity index (χ3v) is 6.06. The highest BCUT2D eigenvalue weighted by Crippen LogP contribution is 2.30. The molecular weight excluding hydrogens is 350 g/mol. The number of rotatable bonds is 6. The van der Waals surface area contributed by atoms with E-state index >= 15 is 0 Å². The molecule has 6 heteroatoms. The predicted octanol–water partition coefficient (Wildman–Crippen LogP) is 2.56. The molecule has 0 bridgehead atoms. The molecule has 156 valence electrons. The molecule has 0 radical (unpaired) electrons. The van der Waals surface area contributed by atoms with Crippen LogP contribution in [-0.4, -0.2) is 69.8 Å². The van der Waals surface area contributed by atoms with E-state index in [0.29, 0.717) is 12.1 Å². The standard InChI is InChI=1S/C22H37N5O/c1-17-8-7-12-26(15-17)18(2)14-24-22(23-3)25-19-11-13-27(16-19)20-9-5-6-10-21(20)28-4/h5-6,9-10,17-19H,7-8,11-16H2,1-4H3,(H2,23,24,25). The minimum absolute atomic E-state index is 0.390. The Morgan fingerprint density at radius 2 is 2.07 bits per heavy atom. The normalized spacial score (nSPS) is 24.9. The Labute approximate surface area is 170 Å². The number of likely N-dealkylation sites (tertiary alicyclic amines) is 1. The molecule has 1 aromatic carbocycles.